The van der Waals surface area contributed by atoms with Crippen LogP contribution < -0.4 is 4.90 Å². The Kier molecular flexibility index (Phi) is 7.41. The molecule has 1 aromatic heterocycles. The van der Waals surface area contributed by atoms with Crippen LogP contribution >= 0.6 is 11.3 Å². The molecule has 0 aliphatic carbocycles. The fourth-order valence-corrected chi connectivity index (χ4v) is 8.70. The maximum atomic E-state index is 2.39. The Morgan fingerprint density at radius 2 is 0.788 bits per heavy atom. The second-order valence-corrected chi connectivity index (χ2v) is 14.5. The summed E-state index contributed by atoms with van der Waals surface area (Å²) in [5.74, 6) is 0. The topological polar surface area (TPSA) is 3.24 Å². The number of nitrogens with zero attached hydrogens (tertiary/aromatic N) is 1. The molecule has 0 spiro atoms. The van der Waals surface area contributed by atoms with Gasteiger partial charge in [0.25, 0.3) is 0 Å². The highest BCUT2D eigenvalue weighted by Crippen LogP contribution is 2.42. The summed E-state index contributed by atoms with van der Waals surface area (Å²) in [6, 6.07) is 73.0. The van der Waals surface area contributed by atoms with Crippen molar-refractivity contribution in [3.8, 4) is 33.4 Å². The van der Waals surface area contributed by atoms with E-state index in [0.717, 1.165) is 17.1 Å². The minimum absolute atomic E-state index is 1.12. The van der Waals surface area contributed by atoms with Gasteiger partial charge in [0.2, 0.25) is 0 Å². The van der Waals surface area contributed by atoms with Gasteiger partial charge >= 0.3 is 0 Å². The van der Waals surface area contributed by atoms with Crippen LogP contribution in [-0.4, -0.2) is 0 Å². The first-order valence-corrected chi connectivity index (χ1v) is 18.6. The molecule has 1 nitrogen and oxygen atoms in total. The first kappa shape index (κ1) is 30.4. The predicted octanol–water partition coefficient (Wildman–Crippen LogP) is 14.8. The third-order valence-corrected chi connectivity index (χ3v) is 11.4. The number of anilines is 3. The zero-order valence-electron chi connectivity index (χ0n) is 28.4. The third-order valence-electron chi connectivity index (χ3n) is 10.2. The van der Waals surface area contributed by atoms with Gasteiger partial charge in [-0.15, -0.1) is 11.3 Å². The maximum absolute atomic E-state index is 2.39. The largest absolute Gasteiger partial charge is 0.310 e. The lowest BCUT2D eigenvalue weighted by Crippen LogP contribution is -2.09. The van der Waals surface area contributed by atoms with Crippen LogP contribution in [0.4, 0.5) is 17.1 Å². The maximum Gasteiger partial charge on any atom is 0.0468 e. The number of benzene rings is 9. The minimum atomic E-state index is 1.12. The van der Waals surface area contributed by atoms with Gasteiger partial charge in [-0.3, -0.25) is 0 Å². The SMILES string of the molecule is c1ccc(-c2ccc(N(c3ccc4cc(-c5ccccc5-c5ccc6ccccc6c5)ccc4c3)c3ccc4sc5ccccc5c4c3)cc2)cc1. The minimum Gasteiger partial charge on any atom is -0.310 e. The Morgan fingerprint density at radius 3 is 1.58 bits per heavy atom. The molecule has 0 N–H and O–H groups in total. The number of thiophene rings is 1. The van der Waals surface area contributed by atoms with Gasteiger partial charge in [0.15, 0.2) is 0 Å². The molecule has 0 unspecified atom stereocenters. The molecule has 0 amide bonds. The summed E-state index contributed by atoms with van der Waals surface area (Å²) >= 11 is 1.86. The molecule has 9 aromatic carbocycles. The van der Waals surface area contributed by atoms with Crippen molar-refractivity contribution in [1.82, 2.24) is 0 Å². The Bertz CT molecular complexity index is 2900. The van der Waals surface area contributed by atoms with Crippen LogP contribution in [0, 0.1) is 0 Å². The van der Waals surface area contributed by atoms with Crippen molar-refractivity contribution >= 4 is 70.1 Å². The van der Waals surface area contributed by atoms with E-state index in [1.165, 1.54) is 75.1 Å². The molecule has 0 aliphatic rings. The van der Waals surface area contributed by atoms with E-state index in [0.29, 0.717) is 0 Å². The van der Waals surface area contributed by atoms with Crippen molar-refractivity contribution in [1.29, 1.82) is 0 Å². The molecular weight excluding hydrogens is 647 g/mol. The second kappa shape index (κ2) is 12.7. The lowest BCUT2D eigenvalue weighted by atomic mass is 9.92. The summed E-state index contributed by atoms with van der Waals surface area (Å²) in [6.45, 7) is 0. The van der Waals surface area contributed by atoms with Gasteiger partial charge in [0, 0.05) is 37.2 Å². The number of hydrogen-bond donors (Lipinski definition) is 0. The van der Waals surface area contributed by atoms with Crippen LogP contribution in [0.5, 0.6) is 0 Å². The molecule has 1 heterocycles. The van der Waals surface area contributed by atoms with Gasteiger partial charge in [-0.2, -0.15) is 0 Å². The lowest BCUT2D eigenvalue weighted by Gasteiger charge is -2.26. The standard InChI is InChI=1S/C50H33NS/c1-2-10-34(11-3-1)36-22-25-42(26-23-36)51(44-28-29-50-48(33-44)47-16-8-9-17-49(47)52-50)43-27-24-38-31-41(21-19-39(38)32-43)46-15-7-6-14-45(46)40-20-18-35-12-4-5-13-37(35)30-40/h1-33H. The van der Waals surface area contributed by atoms with Crippen molar-refractivity contribution < 1.29 is 0 Å². The zero-order chi connectivity index (χ0) is 34.4. The van der Waals surface area contributed by atoms with Gasteiger partial charge < -0.3 is 4.90 Å². The van der Waals surface area contributed by atoms with Gasteiger partial charge in [0.1, 0.15) is 0 Å². The van der Waals surface area contributed by atoms with E-state index in [4.69, 9.17) is 0 Å². The van der Waals surface area contributed by atoms with E-state index >= 15 is 0 Å². The molecule has 0 fully saturated rings. The zero-order valence-corrected chi connectivity index (χ0v) is 29.2. The Balaban J connectivity index is 1.07. The molecule has 244 valence electrons. The van der Waals surface area contributed by atoms with Crippen molar-refractivity contribution in [3.05, 3.63) is 200 Å². The van der Waals surface area contributed by atoms with E-state index in [2.05, 4.69) is 205 Å². The number of fused-ring (bicyclic) bond motifs is 5. The van der Waals surface area contributed by atoms with Crippen LogP contribution in [-0.2, 0) is 0 Å². The quantitative estimate of drug-likeness (QED) is 0.169. The Morgan fingerprint density at radius 1 is 0.288 bits per heavy atom. The molecule has 0 saturated carbocycles. The lowest BCUT2D eigenvalue weighted by molar-refractivity contribution is 1.30. The third kappa shape index (κ3) is 5.42. The molecule has 52 heavy (non-hydrogen) atoms. The summed E-state index contributed by atoms with van der Waals surface area (Å²) < 4.78 is 2.62. The van der Waals surface area contributed by atoms with Crippen molar-refractivity contribution in [2.24, 2.45) is 0 Å². The normalized spacial score (nSPS) is 11.5. The van der Waals surface area contributed by atoms with Crippen LogP contribution in [0.2, 0.25) is 0 Å². The molecule has 2 heteroatoms. The van der Waals surface area contributed by atoms with E-state index in [-0.39, 0.29) is 0 Å². The smallest absolute Gasteiger partial charge is 0.0468 e. The van der Waals surface area contributed by atoms with E-state index in [9.17, 15) is 0 Å². The Labute approximate surface area is 307 Å². The van der Waals surface area contributed by atoms with Crippen LogP contribution in [0.1, 0.15) is 0 Å². The predicted molar refractivity (Wildman–Crippen MR) is 225 cm³/mol. The second-order valence-electron chi connectivity index (χ2n) is 13.4. The molecular formula is C50H33NS. The van der Waals surface area contributed by atoms with Gasteiger partial charge in [-0.1, -0.05) is 140 Å². The van der Waals surface area contributed by atoms with Gasteiger partial charge in [0.05, 0.1) is 0 Å². The molecule has 0 saturated heterocycles. The van der Waals surface area contributed by atoms with E-state index in [1.807, 2.05) is 11.3 Å². The molecule has 0 radical (unpaired) electrons. The van der Waals surface area contributed by atoms with Gasteiger partial charge in [-0.25, -0.2) is 0 Å². The van der Waals surface area contributed by atoms with E-state index in [1.54, 1.807) is 0 Å². The van der Waals surface area contributed by atoms with Crippen LogP contribution in [0.3, 0.4) is 0 Å². The first-order chi connectivity index (χ1) is 25.7. The molecule has 10 aromatic rings. The average Bonchev–Trinajstić information content (AvgIpc) is 3.59. The highest BCUT2D eigenvalue weighted by Gasteiger charge is 2.16. The number of rotatable bonds is 6. The fraction of sp³-hybridized carbons (Fsp3) is 0. The van der Waals surface area contributed by atoms with Crippen LogP contribution in [0.15, 0.2) is 200 Å². The molecule has 0 atom stereocenters. The fourth-order valence-electron chi connectivity index (χ4n) is 7.62. The Hall–Kier alpha value is -6.48. The first-order valence-electron chi connectivity index (χ1n) is 17.7. The van der Waals surface area contributed by atoms with Crippen molar-refractivity contribution in [2.75, 3.05) is 4.90 Å². The van der Waals surface area contributed by atoms with Gasteiger partial charge in [-0.05, 0) is 116 Å². The summed E-state index contributed by atoms with van der Waals surface area (Å²) in [7, 11) is 0. The van der Waals surface area contributed by atoms with Crippen molar-refractivity contribution in [2.45, 2.75) is 0 Å². The van der Waals surface area contributed by atoms with E-state index < -0.39 is 0 Å². The summed E-state index contributed by atoms with van der Waals surface area (Å²) in [6.07, 6.45) is 0. The summed E-state index contributed by atoms with van der Waals surface area (Å²) in [4.78, 5) is 2.39. The molecule has 0 bridgehead atoms. The highest BCUT2D eigenvalue weighted by molar-refractivity contribution is 7.25. The highest BCUT2D eigenvalue weighted by atomic mass is 32.1. The summed E-state index contributed by atoms with van der Waals surface area (Å²) in [5, 5.41) is 7.53. The van der Waals surface area contributed by atoms with Crippen LogP contribution in [0.25, 0.3) is 75.1 Å². The average molecular weight is 680 g/mol. The monoisotopic (exact) mass is 679 g/mol. The summed E-state index contributed by atoms with van der Waals surface area (Å²) in [5.41, 5.74) is 10.7. The molecule has 0 aliphatic heterocycles. The number of hydrogen-bond acceptors (Lipinski definition) is 2. The van der Waals surface area contributed by atoms with Crippen molar-refractivity contribution in [3.63, 3.8) is 0 Å². The molecule has 10 rings (SSSR count).